The van der Waals surface area contributed by atoms with E-state index in [-0.39, 0.29) is 0 Å². The van der Waals surface area contributed by atoms with Gasteiger partial charge in [0.15, 0.2) is 0 Å². The quantitative estimate of drug-likeness (QED) is 0.224. The van der Waals surface area contributed by atoms with E-state index >= 15 is 0 Å². The van der Waals surface area contributed by atoms with Crippen LogP contribution in [0.2, 0.25) is 0 Å². The first-order valence-electron chi connectivity index (χ1n) is 12.7. The van der Waals surface area contributed by atoms with Crippen molar-refractivity contribution in [2.45, 2.75) is 66.7 Å². The molecule has 0 saturated heterocycles. The minimum Gasteiger partial charge on any atom is -0.361 e. The number of hydroxylamine groups is 1. The van der Waals surface area contributed by atoms with Crippen LogP contribution >= 0.6 is 0 Å². The maximum atomic E-state index is 7.79. The highest BCUT2D eigenvalue weighted by molar-refractivity contribution is 5.44. The Morgan fingerprint density at radius 2 is 1.94 bits per heavy atom. The third kappa shape index (κ3) is 13.9. The van der Waals surface area contributed by atoms with Crippen LogP contribution in [0, 0.1) is 5.92 Å². The molecule has 1 saturated carbocycles. The maximum absolute atomic E-state index is 7.79. The van der Waals surface area contributed by atoms with Crippen molar-refractivity contribution in [3.63, 3.8) is 0 Å². The summed E-state index contributed by atoms with van der Waals surface area (Å²) in [6.07, 6.45) is 23.9. The maximum Gasteiger partial charge on any atom is 0.0453 e. The van der Waals surface area contributed by atoms with Gasteiger partial charge in [0.05, 0.1) is 0 Å². The summed E-state index contributed by atoms with van der Waals surface area (Å²) in [5, 5.41) is 10.5. The average Bonchev–Trinajstić information content (AvgIpc) is 3.64. The van der Waals surface area contributed by atoms with Gasteiger partial charge in [-0.15, -0.1) is 13.2 Å². The summed E-state index contributed by atoms with van der Waals surface area (Å²) in [5.74, 6) is 0.936. The summed E-state index contributed by atoms with van der Waals surface area (Å²) in [5.41, 5.74) is 5.32. The van der Waals surface area contributed by atoms with Crippen LogP contribution in [-0.4, -0.2) is 34.7 Å². The van der Waals surface area contributed by atoms with Crippen molar-refractivity contribution >= 4 is 12.2 Å². The van der Waals surface area contributed by atoms with Gasteiger partial charge >= 0.3 is 0 Å². The zero-order valence-electron chi connectivity index (χ0n) is 22.4. The number of rotatable bonds is 10. The smallest absolute Gasteiger partial charge is 0.0453 e. The highest BCUT2D eigenvalue weighted by Crippen LogP contribution is 2.29. The second-order valence-electron chi connectivity index (χ2n) is 8.35. The lowest BCUT2D eigenvalue weighted by molar-refractivity contribution is 0.201. The predicted octanol–water partition coefficient (Wildman–Crippen LogP) is 6.03. The lowest BCUT2D eigenvalue weighted by atomic mass is 10.1. The molecule has 1 fully saturated rings. The number of nitrogens with zero attached hydrogens (tertiary/aromatic N) is 1. The lowest BCUT2D eigenvalue weighted by Crippen LogP contribution is -2.32. The Balaban J connectivity index is 0.00000106. The van der Waals surface area contributed by atoms with E-state index in [0.29, 0.717) is 5.70 Å². The SMILES string of the molecule is C=C.C=C(C)NO.CC.CC/C=C\C=C(/C)CN(CCc1c[nH]c2c1=CCC=CC=2)CC1CC1. The van der Waals surface area contributed by atoms with Gasteiger partial charge in [-0.05, 0) is 68.7 Å². The minimum atomic E-state index is 0.560. The van der Waals surface area contributed by atoms with Crippen LogP contribution in [0.5, 0.6) is 0 Å². The minimum absolute atomic E-state index is 0.560. The molecular weight excluding hydrogens is 418 g/mol. The zero-order chi connectivity index (χ0) is 25.8. The number of hydrogen-bond donors (Lipinski definition) is 3. The summed E-state index contributed by atoms with van der Waals surface area (Å²) in [4.78, 5) is 6.10. The second-order valence-corrected chi connectivity index (χ2v) is 8.35. The molecule has 0 aromatic carbocycles. The Labute approximate surface area is 208 Å². The lowest BCUT2D eigenvalue weighted by Gasteiger charge is -2.22. The number of aromatic amines is 1. The summed E-state index contributed by atoms with van der Waals surface area (Å²) in [7, 11) is 0. The highest BCUT2D eigenvalue weighted by atomic mass is 16.5. The normalized spacial score (nSPS) is 14.1. The fourth-order valence-corrected chi connectivity index (χ4v) is 3.46. The molecule has 0 spiro atoms. The van der Waals surface area contributed by atoms with Gasteiger partial charge in [0, 0.05) is 36.9 Å². The van der Waals surface area contributed by atoms with Crippen molar-refractivity contribution < 1.29 is 5.21 Å². The molecular formula is C30H49N3O. The Morgan fingerprint density at radius 1 is 1.26 bits per heavy atom. The molecule has 3 N–H and O–H groups in total. The topological polar surface area (TPSA) is 51.3 Å². The van der Waals surface area contributed by atoms with Crippen LogP contribution in [-0.2, 0) is 6.42 Å². The molecule has 2 aliphatic carbocycles. The van der Waals surface area contributed by atoms with Crippen LogP contribution in [0.3, 0.4) is 0 Å². The molecule has 1 aromatic heterocycles. The zero-order valence-corrected chi connectivity index (χ0v) is 22.4. The number of fused-ring (bicyclic) bond motifs is 1. The Kier molecular flexibility index (Phi) is 18.4. The molecule has 0 aliphatic heterocycles. The van der Waals surface area contributed by atoms with Crippen molar-refractivity contribution in [1.82, 2.24) is 15.4 Å². The van der Waals surface area contributed by atoms with Gasteiger partial charge in [-0.3, -0.25) is 15.6 Å². The van der Waals surface area contributed by atoms with Gasteiger partial charge in [-0.25, -0.2) is 0 Å². The predicted molar refractivity (Wildman–Crippen MR) is 151 cm³/mol. The molecule has 1 aromatic rings. The van der Waals surface area contributed by atoms with E-state index in [2.05, 4.69) is 92.2 Å². The van der Waals surface area contributed by atoms with Crippen LogP contribution in [0.1, 0.15) is 65.9 Å². The van der Waals surface area contributed by atoms with E-state index in [1.165, 1.54) is 41.1 Å². The van der Waals surface area contributed by atoms with Crippen molar-refractivity contribution in [1.29, 1.82) is 0 Å². The number of aromatic nitrogens is 1. The fourth-order valence-electron chi connectivity index (χ4n) is 3.46. The molecule has 190 valence electrons. The van der Waals surface area contributed by atoms with Crippen molar-refractivity contribution in [2.75, 3.05) is 19.6 Å². The number of allylic oxidation sites excluding steroid dienone is 6. The van der Waals surface area contributed by atoms with E-state index < -0.39 is 0 Å². The van der Waals surface area contributed by atoms with Crippen molar-refractivity contribution in [3.05, 3.63) is 83.7 Å². The number of nitrogens with one attached hydrogen (secondary N) is 2. The molecule has 2 aliphatic rings. The average molecular weight is 468 g/mol. The molecule has 34 heavy (non-hydrogen) atoms. The summed E-state index contributed by atoms with van der Waals surface area (Å²) >= 11 is 0. The van der Waals surface area contributed by atoms with Gasteiger partial charge in [-0.1, -0.05) is 69.4 Å². The number of hydrogen-bond acceptors (Lipinski definition) is 3. The molecule has 4 heteroatoms. The molecule has 0 bridgehead atoms. The first-order valence-corrected chi connectivity index (χ1v) is 12.7. The van der Waals surface area contributed by atoms with E-state index in [1.807, 2.05) is 19.3 Å². The number of H-pyrrole nitrogens is 1. The van der Waals surface area contributed by atoms with Gasteiger partial charge in [0.25, 0.3) is 0 Å². The summed E-state index contributed by atoms with van der Waals surface area (Å²) in [6, 6.07) is 0. The van der Waals surface area contributed by atoms with E-state index in [1.54, 1.807) is 6.92 Å². The van der Waals surface area contributed by atoms with Crippen LogP contribution in [0.25, 0.3) is 12.2 Å². The summed E-state index contributed by atoms with van der Waals surface area (Å²) in [6.45, 7) is 22.9. The largest absolute Gasteiger partial charge is 0.361 e. The first-order chi connectivity index (χ1) is 16.5. The van der Waals surface area contributed by atoms with E-state index in [0.717, 1.165) is 38.3 Å². The molecule has 4 nitrogen and oxygen atoms in total. The van der Waals surface area contributed by atoms with E-state index in [4.69, 9.17) is 5.21 Å². The molecule has 0 atom stereocenters. The molecule has 0 unspecified atom stereocenters. The molecule has 3 rings (SSSR count). The first kappa shape index (κ1) is 31.4. The monoisotopic (exact) mass is 467 g/mol. The van der Waals surface area contributed by atoms with Crippen molar-refractivity contribution in [2.24, 2.45) is 5.92 Å². The van der Waals surface area contributed by atoms with Crippen LogP contribution in [0.4, 0.5) is 0 Å². The van der Waals surface area contributed by atoms with Gasteiger partial charge in [0.2, 0.25) is 0 Å². The van der Waals surface area contributed by atoms with Crippen molar-refractivity contribution in [3.8, 4) is 0 Å². The van der Waals surface area contributed by atoms with Gasteiger partial charge in [-0.2, -0.15) is 0 Å². The van der Waals surface area contributed by atoms with Crippen LogP contribution < -0.4 is 16.0 Å². The third-order valence-corrected chi connectivity index (χ3v) is 5.22. The standard InChI is InChI=1S/C23H32N2.C3H7NO.C2H6.C2H4/c1-3-4-6-9-19(2)17-25(18-20-12-13-20)15-14-21-16-24-23-11-8-5-7-10-22(21)23;1-3(2)4-5;2*1-2/h4-6,8-11,16,20,24H,3,7,12-15,17-18H2,1-2H3;4-5H,1H2,2H3;1-2H3;1-2H2/b6-4-,19-9+;;;. The Hall–Kier alpha value is -2.56. The summed E-state index contributed by atoms with van der Waals surface area (Å²) < 4.78 is 0. The second kappa shape index (κ2) is 19.9. The fraction of sp³-hybridized carbons (Fsp3) is 0.467. The molecule has 0 amide bonds. The third-order valence-electron chi connectivity index (χ3n) is 5.22. The van der Waals surface area contributed by atoms with E-state index in [9.17, 15) is 0 Å². The molecule has 1 heterocycles. The van der Waals surface area contributed by atoms with Gasteiger partial charge in [0.1, 0.15) is 0 Å². The Bertz CT molecular complexity index is 885. The highest BCUT2D eigenvalue weighted by Gasteiger charge is 2.24. The molecule has 0 radical (unpaired) electrons. The Morgan fingerprint density at radius 3 is 2.53 bits per heavy atom. The van der Waals surface area contributed by atoms with Crippen LogP contribution in [0.15, 0.2) is 67.6 Å². The van der Waals surface area contributed by atoms with Gasteiger partial charge < -0.3 is 4.98 Å².